The van der Waals surface area contributed by atoms with Crippen molar-refractivity contribution >= 4 is 12.6 Å². The van der Waals surface area contributed by atoms with Crippen LogP contribution in [0, 0.1) is 13.8 Å². The Labute approximate surface area is 79.4 Å². The summed E-state index contributed by atoms with van der Waals surface area (Å²) < 4.78 is 1.93. The molecule has 0 spiro atoms. The lowest BCUT2D eigenvalue weighted by atomic mass is 10.1. The smallest absolute Gasteiger partial charge is 0.0628 e. The Hall–Kier alpha value is -0.440. The van der Waals surface area contributed by atoms with Crippen molar-refractivity contribution in [2.45, 2.75) is 32.4 Å². The normalized spacial score (nSPS) is 13.4. The Kier molecular flexibility index (Phi) is 2.83. The molecule has 2 nitrogen and oxygen atoms in total. The molecule has 0 amide bonds. The van der Waals surface area contributed by atoms with Crippen LogP contribution in [0.2, 0.25) is 0 Å². The van der Waals surface area contributed by atoms with Crippen molar-refractivity contribution in [1.82, 2.24) is 9.78 Å². The van der Waals surface area contributed by atoms with E-state index in [0.717, 1.165) is 12.1 Å². The highest BCUT2D eigenvalue weighted by Crippen LogP contribution is 2.15. The van der Waals surface area contributed by atoms with Gasteiger partial charge in [-0.3, -0.25) is 4.68 Å². The Bertz CT molecular complexity index is 276. The predicted molar refractivity (Wildman–Crippen MR) is 54.8 cm³/mol. The fourth-order valence-electron chi connectivity index (χ4n) is 1.41. The van der Waals surface area contributed by atoms with Crippen LogP contribution >= 0.6 is 12.6 Å². The number of hydrogen-bond donors (Lipinski definition) is 1. The molecule has 0 aliphatic rings. The summed E-state index contributed by atoms with van der Waals surface area (Å²) in [5.74, 6) is 0. The molecule has 0 N–H and O–H groups in total. The van der Waals surface area contributed by atoms with Gasteiger partial charge in [-0.2, -0.15) is 17.7 Å². The lowest BCUT2D eigenvalue weighted by Crippen LogP contribution is -2.00. The third-order valence-electron chi connectivity index (χ3n) is 2.16. The minimum absolute atomic E-state index is 0.409. The van der Waals surface area contributed by atoms with Gasteiger partial charge in [-0.05, 0) is 25.8 Å². The first-order chi connectivity index (χ1) is 5.52. The van der Waals surface area contributed by atoms with Crippen LogP contribution in [0.3, 0.4) is 0 Å². The molecule has 0 aliphatic heterocycles. The molecular formula is C9H16N2S. The van der Waals surface area contributed by atoms with Crippen molar-refractivity contribution in [2.24, 2.45) is 7.05 Å². The summed E-state index contributed by atoms with van der Waals surface area (Å²) >= 11 is 4.38. The summed E-state index contributed by atoms with van der Waals surface area (Å²) in [6.07, 6.45) is 1.01. The highest BCUT2D eigenvalue weighted by Gasteiger charge is 2.10. The van der Waals surface area contributed by atoms with E-state index in [1.807, 2.05) is 11.7 Å². The second-order valence-electron chi connectivity index (χ2n) is 3.33. The molecule has 1 aromatic rings. The van der Waals surface area contributed by atoms with Crippen LogP contribution in [-0.2, 0) is 13.5 Å². The van der Waals surface area contributed by atoms with Crippen LogP contribution in [0.4, 0.5) is 0 Å². The second kappa shape index (κ2) is 3.52. The number of aryl methyl sites for hydroxylation is 2. The molecule has 0 saturated carbocycles. The molecule has 1 heterocycles. The van der Waals surface area contributed by atoms with E-state index in [-0.39, 0.29) is 0 Å². The SMILES string of the molecule is Cc1nn(C)c(C)c1CC(C)S. The molecule has 12 heavy (non-hydrogen) atoms. The van der Waals surface area contributed by atoms with Gasteiger partial charge in [0.15, 0.2) is 0 Å². The number of nitrogens with zero attached hydrogens (tertiary/aromatic N) is 2. The zero-order valence-electron chi connectivity index (χ0n) is 8.13. The Morgan fingerprint density at radius 3 is 2.42 bits per heavy atom. The van der Waals surface area contributed by atoms with E-state index in [1.165, 1.54) is 11.3 Å². The highest BCUT2D eigenvalue weighted by atomic mass is 32.1. The third kappa shape index (κ3) is 1.83. The van der Waals surface area contributed by atoms with Crippen molar-refractivity contribution in [2.75, 3.05) is 0 Å². The third-order valence-corrected chi connectivity index (χ3v) is 2.34. The first-order valence-electron chi connectivity index (χ1n) is 4.19. The minimum Gasteiger partial charge on any atom is -0.272 e. The highest BCUT2D eigenvalue weighted by molar-refractivity contribution is 7.80. The monoisotopic (exact) mass is 184 g/mol. The molecule has 1 unspecified atom stereocenters. The molecule has 0 bridgehead atoms. The van der Waals surface area contributed by atoms with E-state index < -0.39 is 0 Å². The summed E-state index contributed by atoms with van der Waals surface area (Å²) in [5.41, 5.74) is 3.74. The molecule has 0 fully saturated rings. The topological polar surface area (TPSA) is 17.8 Å². The molecule has 1 rings (SSSR count). The van der Waals surface area contributed by atoms with Gasteiger partial charge in [0, 0.05) is 18.0 Å². The summed E-state index contributed by atoms with van der Waals surface area (Å²) in [4.78, 5) is 0. The van der Waals surface area contributed by atoms with E-state index in [9.17, 15) is 0 Å². The van der Waals surface area contributed by atoms with Crippen LogP contribution in [0.15, 0.2) is 0 Å². The maximum atomic E-state index is 4.38. The Morgan fingerprint density at radius 1 is 1.50 bits per heavy atom. The van der Waals surface area contributed by atoms with Gasteiger partial charge in [0.05, 0.1) is 5.69 Å². The summed E-state index contributed by atoms with van der Waals surface area (Å²) in [7, 11) is 1.98. The van der Waals surface area contributed by atoms with Crippen LogP contribution in [0.1, 0.15) is 23.9 Å². The van der Waals surface area contributed by atoms with Crippen LogP contribution in [-0.4, -0.2) is 15.0 Å². The first-order valence-corrected chi connectivity index (χ1v) is 4.71. The van der Waals surface area contributed by atoms with Gasteiger partial charge in [0.2, 0.25) is 0 Å². The molecule has 0 radical (unpaired) electrons. The molecule has 0 aliphatic carbocycles. The lowest BCUT2D eigenvalue weighted by molar-refractivity contribution is 0.729. The van der Waals surface area contributed by atoms with Gasteiger partial charge in [0.1, 0.15) is 0 Å². The van der Waals surface area contributed by atoms with Crippen molar-refractivity contribution in [3.05, 3.63) is 17.0 Å². The zero-order chi connectivity index (χ0) is 9.30. The van der Waals surface area contributed by atoms with E-state index in [4.69, 9.17) is 0 Å². The average Bonchev–Trinajstić information content (AvgIpc) is 2.16. The van der Waals surface area contributed by atoms with E-state index in [1.54, 1.807) is 0 Å². The van der Waals surface area contributed by atoms with E-state index in [0.29, 0.717) is 5.25 Å². The number of hydrogen-bond acceptors (Lipinski definition) is 2. The van der Waals surface area contributed by atoms with Gasteiger partial charge in [-0.1, -0.05) is 6.92 Å². The Balaban J connectivity index is 2.97. The number of rotatable bonds is 2. The van der Waals surface area contributed by atoms with Crippen LogP contribution < -0.4 is 0 Å². The minimum atomic E-state index is 0.409. The Morgan fingerprint density at radius 2 is 2.08 bits per heavy atom. The van der Waals surface area contributed by atoms with Crippen molar-refractivity contribution in [3.63, 3.8) is 0 Å². The average molecular weight is 184 g/mol. The largest absolute Gasteiger partial charge is 0.272 e. The zero-order valence-corrected chi connectivity index (χ0v) is 9.02. The predicted octanol–water partition coefficient (Wildman–Crippen LogP) is 1.90. The van der Waals surface area contributed by atoms with Crippen molar-refractivity contribution < 1.29 is 0 Å². The molecule has 1 atom stereocenters. The van der Waals surface area contributed by atoms with Gasteiger partial charge in [-0.25, -0.2) is 0 Å². The first kappa shape index (κ1) is 9.65. The van der Waals surface area contributed by atoms with Gasteiger partial charge >= 0.3 is 0 Å². The van der Waals surface area contributed by atoms with Gasteiger partial charge in [-0.15, -0.1) is 0 Å². The van der Waals surface area contributed by atoms with E-state index in [2.05, 4.69) is 38.5 Å². The fraction of sp³-hybridized carbons (Fsp3) is 0.667. The van der Waals surface area contributed by atoms with Crippen molar-refractivity contribution in [3.8, 4) is 0 Å². The number of thiol groups is 1. The molecule has 68 valence electrons. The van der Waals surface area contributed by atoms with Gasteiger partial charge in [0.25, 0.3) is 0 Å². The molecule has 0 saturated heterocycles. The molecule has 0 aromatic carbocycles. The quantitative estimate of drug-likeness (QED) is 0.695. The van der Waals surface area contributed by atoms with Crippen LogP contribution in [0.5, 0.6) is 0 Å². The molecular weight excluding hydrogens is 168 g/mol. The fourth-order valence-corrected chi connectivity index (χ4v) is 1.59. The second-order valence-corrected chi connectivity index (χ2v) is 4.21. The maximum Gasteiger partial charge on any atom is 0.0628 e. The summed E-state index contributed by atoms with van der Waals surface area (Å²) in [6, 6.07) is 0. The lowest BCUT2D eigenvalue weighted by Gasteiger charge is -2.03. The van der Waals surface area contributed by atoms with E-state index >= 15 is 0 Å². The van der Waals surface area contributed by atoms with Crippen molar-refractivity contribution in [1.29, 1.82) is 0 Å². The van der Waals surface area contributed by atoms with Crippen LogP contribution in [0.25, 0.3) is 0 Å². The number of aromatic nitrogens is 2. The molecule has 3 heteroatoms. The summed E-state index contributed by atoms with van der Waals surface area (Å²) in [6.45, 7) is 6.26. The standard InChI is InChI=1S/C9H16N2S/c1-6(12)5-9-7(2)10-11(4)8(9)3/h6,12H,5H2,1-4H3. The van der Waals surface area contributed by atoms with Gasteiger partial charge < -0.3 is 0 Å². The summed E-state index contributed by atoms with van der Waals surface area (Å²) in [5, 5.41) is 4.76. The maximum absolute atomic E-state index is 4.38. The molecule has 1 aromatic heterocycles.